The Kier molecular flexibility index (Phi) is 6.74. The van der Waals surface area contributed by atoms with Crippen molar-refractivity contribution in [3.8, 4) is 0 Å². The molecule has 6 rings (SSSR count). The fraction of sp³-hybridized carbons (Fsp3) is 0.333. The molecule has 0 bridgehead atoms. The lowest BCUT2D eigenvalue weighted by Gasteiger charge is -2.42. The Balaban J connectivity index is 1.32. The molecule has 0 unspecified atom stereocenters. The van der Waals surface area contributed by atoms with Crippen LogP contribution in [0.4, 0.5) is 38.4 Å². The number of piperidine rings is 1. The number of pyridine rings is 1. The maximum Gasteiger partial charge on any atom is 0.416 e. The topological polar surface area (TPSA) is 100 Å². The van der Waals surface area contributed by atoms with Gasteiger partial charge in [0, 0.05) is 25.8 Å². The number of urea groups is 1. The van der Waals surface area contributed by atoms with Crippen LogP contribution in [0, 0.1) is 0 Å². The van der Waals surface area contributed by atoms with Gasteiger partial charge in [-0.2, -0.15) is 18.3 Å². The normalized spacial score (nSPS) is 17.3. The summed E-state index contributed by atoms with van der Waals surface area (Å²) in [5.74, 6) is -0.677. The Morgan fingerprint density at radius 2 is 1.69 bits per heavy atom. The van der Waals surface area contributed by atoms with Crippen molar-refractivity contribution in [3.63, 3.8) is 0 Å². The fourth-order valence-electron chi connectivity index (χ4n) is 5.46. The van der Waals surface area contributed by atoms with E-state index in [1.807, 2.05) is 4.90 Å². The average molecular weight is 587 g/mol. The van der Waals surface area contributed by atoms with Crippen LogP contribution in [-0.2, 0) is 24.1 Å². The molecule has 218 valence electrons. The van der Waals surface area contributed by atoms with E-state index in [9.17, 15) is 31.5 Å². The van der Waals surface area contributed by atoms with Crippen LogP contribution in [0.5, 0.6) is 0 Å². The molecule has 0 atom stereocenters. The first-order valence-electron chi connectivity index (χ1n) is 13.0. The molecule has 3 amide bonds. The van der Waals surface area contributed by atoms with Crippen molar-refractivity contribution in [3.05, 3.63) is 72.2 Å². The second-order valence-corrected chi connectivity index (χ2v) is 10.1. The lowest BCUT2D eigenvalue weighted by Crippen LogP contribution is -2.56. The van der Waals surface area contributed by atoms with Gasteiger partial charge in [0.15, 0.2) is 5.65 Å². The Bertz CT molecular complexity index is 1640. The predicted molar refractivity (Wildman–Crippen MR) is 140 cm³/mol. The van der Waals surface area contributed by atoms with E-state index in [4.69, 9.17) is 0 Å². The summed E-state index contributed by atoms with van der Waals surface area (Å²) in [6, 6.07) is 9.66. The molecular weight excluding hydrogens is 563 g/mol. The summed E-state index contributed by atoms with van der Waals surface area (Å²) in [4.78, 5) is 44.4. The Morgan fingerprint density at radius 3 is 2.38 bits per heavy atom. The summed E-state index contributed by atoms with van der Waals surface area (Å²) >= 11 is 0. The van der Waals surface area contributed by atoms with Gasteiger partial charge in [0.2, 0.25) is 0 Å². The summed E-state index contributed by atoms with van der Waals surface area (Å²) in [5, 5.41) is 3.93. The molecule has 1 spiro atoms. The number of rotatable bonds is 6. The molecular formula is C27H23F5N8O2. The standard InChI is InChI=1S/C27H23F5N8O2/c28-20(29)16-39-23-19(13-35-39)34-14-22(36-23)37-10-7-26(8-11-37)24(41)40(21-12-18(6-9-33-21)27(30,31)32)25(42)38(26)15-17-4-2-1-3-5-17/h1-6,9,12-14,20H,7-8,10-11,15-16H2. The van der Waals surface area contributed by atoms with Crippen LogP contribution in [0.25, 0.3) is 11.2 Å². The first-order valence-corrected chi connectivity index (χ1v) is 13.0. The third kappa shape index (κ3) is 4.77. The number of anilines is 2. The van der Waals surface area contributed by atoms with Crippen molar-refractivity contribution < 1.29 is 31.5 Å². The summed E-state index contributed by atoms with van der Waals surface area (Å²) < 4.78 is 67.4. The Labute approximate surface area is 235 Å². The third-order valence-corrected chi connectivity index (χ3v) is 7.58. The van der Waals surface area contributed by atoms with E-state index >= 15 is 0 Å². The monoisotopic (exact) mass is 586 g/mol. The summed E-state index contributed by atoms with van der Waals surface area (Å²) in [7, 11) is 0. The third-order valence-electron chi connectivity index (χ3n) is 7.58. The number of amides is 3. The minimum absolute atomic E-state index is 0.0550. The molecule has 2 aliphatic rings. The van der Waals surface area contributed by atoms with Crippen molar-refractivity contribution in [2.24, 2.45) is 0 Å². The van der Waals surface area contributed by atoms with Crippen LogP contribution in [0.2, 0.25) is 0 Å². The van der Waals surface area contributed by atoms with Gasteiger partial charge < -0.3 is 9.80 Å². The first kappa shape index (κ1) is 27.5. The molecule has 0 saturated carbocycles. The molecule has 10 nitrogen and oxygen atoms in total. The number of hydrogen-bond donors (Lipinski definition) is 0. The van der Waals surface area contributed by atoms with Crippen LogP contribution < -0.4 is 9.80 Å². The van der Waals surface area contributed by atoms with Crippen molar-refractivity contribution in [2.75, 3.05) is 22.9 Å². The molecule has 0 radical (unpaired) electrons. The van der Waals surface area contributed by atoms with E-state index in [-0.39, 0.29) is 38.1 Å². The van der Waals surface area contributed by atoms with Crippen LogP contribution in [0.1, 0.15) is 24.0 Å². The molecule has 1 aromatic carbocycles. The minimum atomic E-state index is -4.69. The van der Waals surface area contributed by atoms with Crippen LogP contribution in [0.15, 0.2) is 61.1 Å². The highest BCUT2D eigenvalue weighted by Gasteiger charge is 2.59. The van der Waals surface area contributed by atoms with Gasteiger partial charge in [-0.1, -0.05) is 30.3 Å². The molecule has 15 heteroatoms. The number of hydrogen-bond acceptors (Lipinski definition) is 7. The van der Waals surface area contributed by atoms with Gasteiger partial charge in [-0.3, -0.25) is 4.79 Å². The number of fused-ring (bicyclic) bond motifs is 1. The van der Waals surface area contributed by atoms with Gasteiger partial charge in [0.25, 0.3) is 12.3 Å². The maximum atomic E-state index is 14.0. The molecule has 0 N–H and O–H groups in total. The number of nitrogens with zero attached hydrogens (tertiary/aromatic N) is 8. The van der Waals surface area contributed by atoms with Crippen LogP contribution >= 0.6 is 0 Å². The van der Waals surface area contributed by atoms with E-state index in [0.29, 0.717) is 17.4 Å². The lowest BCUT2D eigenvalue weighted by atomic mass is 9.85. The van der Waals surface area contributed by atoms with Crippen molar-refractivity contribution in [2.45, 2.75) is 44.1 Å². The molecule has 5 heterocycles. The number of halogens is 5. The SMILES string of the molecule is O=C1N(c2cc(C(F)(F)F)ccn2)C(=O)C2(CCN(c3cnc4cnn(CC(F)F)c4n3)CC2)N1Cc1ccccc1. The van der Waals surface area contributed by atoms with Gasteiger partial charge >= 0.3 is 12.2 Å². The first-order chi connectivity index (χ1) is 20.1. The predicted octanol–water partition coefficient (Wildman–Crippen LogP) is 4.51. The smallest absolute Gasteiger partial charge is 0.355 e. The summed E-state index contributed by atoms with van der Waals surface area (Å²) in [6.07, 6.45) is -3.31. The molecule has 2 aliphatic heterocycles. The number of carbonyl (C=O) groups is 2. The average Bonchev–Trinajstić information content (AvgIpc) is 3.45. The number of benzene rings is 1. The van der Waals surface area contributed by atoms with Crippen LogP contribution in [-0.4, -0.2) is 66.6 Å². The fourth-order valence-corrected chi connectivity index (χ4v) is 5.46. The Hall–Kier alpha value is -4.69. The second kappa shape index (κ2) is 10.3. The highest BCUT2D eigenvalue weighted by Crippen LogP contribution is 2.41. The van der Waals surface area contributed by atoms with Gasteiger partial charge in [-0.15, -0.1) is 0 Å². The number of aromatic nitrogens is 5. The zero-order valence-electron chi connectivity index (χ0n) is 21.9. The van der Waals surface area contributed by atoms with E-state index in [2.05, 4.69) is 20.1 Å². The molecule has 0 aliphatic carbocycles. The van der Waals surface area contributed by atoms with Crippen molar-refractivity contribution in [1.82, 2.24) is 29.6 Å². The van der Waals surface area contributed by atoms with Gasteiger partial charge in [0.05, 0.1) is 18.0 Å². The molecule has 3 aromatic heterocycles. The minimum Gasteiger partial charge on any atom is -0.355 e. The van der Waals surface area contributed by atoms with Crippen molar-refractivity contribution >= 4 is 34.7 Å². The second-order valence-electron chi connectivity index (χ2n) is 10.1. The number of alkyl halides is 5. The van der Waals surface area contributed by atoms with E-state index in [1.54, 1.807) is 30.3 Å². The highest BCUT2D eigenvalue weighted by molar-refractivity contribution is 6.23. The number of imide groups is 1. The zero-order valence-corrected chi connectivity index (χ0v) is 21.9. The molecule has 4 aromatic rings. The quantitative estimate of drug-likeness (QED) is 0.242. The van der Waals surface area contributed by atoms with Gasteiger partial charge in [0.1, 0.15) is 29.2 Å². The summed E-state index contributed by atoms with van der Waals surface area (Å²) in [6.45, 7) is -0.122. The van der Waals surface area contributed by atoms with Gasteiger partial charge in [-0.25, -0.2) is 38.1 Å². The maximum absolute atomic E-state index is 14.0. The lowest BCUT2D eigenvalue weighted by molar-refractivity contribution is -0.137. The van der Waals surface area contributed by atoms with Crippen molar-refractivity contribution in [1.29, 1.82) is 0 Å². The Morgan fingerprint density at radius 1 is 0.952 bits per heavy atom. The van der Waals surface area contributed by atoms with E-state index in [0.717, 1.165) is 27.4 Å². The number of carbonyl (C=O) groups excluding carboxylic acids is 2. The molecule has 2 saturated heterocycles. The van der Waals surface area contributed by atoms with Gasteiger partial charge in [-0.05, 0) is 30.5 Å². The highest BCUT2D eigenvalue weighted by atomic mass is 19.4. The molecule has 2 fully saturated rings. The van der Waals surface area contributed by atoms with E-state index in [1.165, 1.54) is 17.3 Å². The zero-order chi connectivity index (χ0) is 29.6. The largest absolute Gasteiger partial charge is 0.416 e. The molecule has 42 heavy (non-hydrogen) atoms. The van der Waals surface area contributed by atoms with E-state index < -0.39 is 48.0 Å². The summed E-state index contributed by atoms with van der Waals surface area (Å²) in [5.41, 5.74) is -1.11. The van der Waals surface area contributed by atoms with Crippen LogP contribution in [0.3, 0.4) is 0 Å².